The Morgan fingerprint density at radius 1 is 1.39 bits per heavy atom. The summed E-state index contributed by atoms with van der Waals surface area (Å²) in [6, 6.07) is 2.86. The van der Waals surface area contributed by atoms with Gasteiger partial charge in [0.2, 0.25) is 0 Å². The van der Waals surface area contributed by atoms with E-state index < -0.39 is 17.7 Å². The van der Waals surface area contributed by atoms with Gasteiger partial charge < -0.3 is 14.8 Å². The van der Waals surface area contributed by atoms with E-state index >= 15 is 0 Å². The first-order valence-electron chi connectivity index (χ1n) is 7.26. The van der Waals surface area contributed by atoms with Crippen molar-refractivity contribution in [3.8, 4) is 0 Å². The van der Waals surface area contributed by atoms with E-state index in [9.17, 15) is 13.6 Å². The lowest BCUT2D eigenvalue weighted by molar-refractivity contribution is 0.193. The van der Waals surface area contributed by atoms with Crippen LogP contribution in [0, 0.1) is 11.6 Å². The fourth-order valence-electron chi connectivity index (χ4n) is 2.13. The molecule has 6 nitrogen and oxygen atoms in total. The molecular formula is C15H19F2N5O. The van der Waals surface area contributed by atoms with Gasteiger partial charge in [-0.05, 0) is 31.5 Å². The Hall–Kier alpha value is -2.51. The molecule has 23 heavy (non-hydrogen) atoms. The highest BCUT2D eigenvalue weighted by Crippen LogP contribution is 2.20. The molecule has 0 saturated carbocycles. The normalized spacial score (nSPS) is 12.0. The summed E-state index contributed by atoms with van der Waals surface area (Å²) in [5.74, 6) is -1.19. The number of benzene rings is 1. The fraction of sp³-hybridized carbons (Fsp3) is 0.400. The Bertz CT molecular complexity index is 688. The van der Waals surface area contributed by atoms with E-state index in [0.717, 1.165) is 12.1 Å². The van der Waals surface area contributed by atoms with Crippen LogP contribution in [0.15, 0.2) is 24.5 Å². The molecule has 0 unspecified atom stereocenters. The lowest BCUT2D eigenvalue weighted by Gasteiger charge is -2.25. The molecule has 1 heterocycles. The largest absolute Gasteiger partial charge is 0.331 e. The van der Waals surface area contributed by atoms with Gasteiger partial charge in [-0.25, -0.2) is 13.6 Å². The Balaban J connectivity index is 1.99. The average molecular weight is 323 g/mol. The van der Waals surface area contributed by atoms with Gasteiger partial charge in [-0.3, -0.25) is 0 Å². The predicted molar refractivity (Wildman–Crippen MR) is 80.5 cm³/mol. The van der Waals surface area contributed by atoms with Crippen molar-refractivity contribution in [1.82, 2.24) is 25.0 Å². The van der Waals surface area contributed by atoms with Crippen molar-refractivity contribution in [1.29, 1.82) is 0 Å². The average Bonchev–Trinajstić information content (AvgIpc) is 3.01. The molecule has 1 atom stereocenters. The number of carbonyl (C=O) groups is 1. The number of halogens is 2. The Kier molecular flexibility index (Phi) is 5.25. The van der Waals surface area contributed by atoms with E-state index in [0.29, 0.717) is 17.9 Å². The summed E-state index contributed by atoms with van der Waals surface area (Å²) < 4.78 is 28.1. The van der Waals surface area contributed by atoms with E-state index in [1.165, 1.54) is 11.0 Å². The van der Waals surface area contributed by atoms with Crippen molar-refractivity contribution >= 4 is 6.03 Å². The number of aryl methyl sites for hydroxylation is 1. The van der Waals surface area contributed by atoms with Crippen LogP contribution in [0.5, 0.6) is 0 Å². The Morgan fingerprint density at radius 3 is 2.78 bits per heavy atom. The van der Waals surface area contributed by atoms with E-state index in [4.69, 9.17) is 0 Å². The molecular weight excluding hydrogens is 304 g/mol. The zero-order valence-corrected chi connectivity index (χ0v) is 13.3. The van der Waals surface area contributed by atoms with Gasteiger partial charge in [0, 0.05) is 13.6 Å². The van der Waals surface area contributed by atoms with Crippen molar-refractivity contribution in [2.45, 2.75) is 33.0 Å². The number of carbonyl (C=O) groups excluding carboxylic acids is 1. The number of urea groups is 1. The van der Waals surface area contributed by atoms with Crippen LogP contribution >= 0.6 is 0 Å². The molecule has 2 aromatic rings. The van der Waals surface area contributed by atoms with E-state index in [-0.39, 0.29) is 12.6 Å². The van der Waals surface area contributed by atoms with Gasteiger partial charge in [-0.2, -0.15) is 0 Å². The zero-order chi connectivity index (χ0) is 17.0. The maximum Gasteiger partial charge on any atom is 0.318 e. The molecule has 1 N–H and O–H groups in total. The quantitative estimate of drug-likeness (QED) is 0.919. The van der Waals surface area contributed by atoms with Crippen molar-refractivity contribution in [3.05, 3.63) is 47.5 Å². The summed E-state index contributed by atoms with van der Waals surface area (Å²) in [5, 5.41) is 10.5. The molecule has 124 valence electrons. The van der Waals surface area contributed by atoms with E-state index in [1.54, 1.807) is 20.3 Å². The van der Waals surface area contributed by atoms with E-state index in [1.807, 2.05) is 11.5 Å². The van der Waals surface area contributed by atoms with Crippen LogP contribution in [0.2, 0.25) is 0 Å². The van der Waals surface area contributed by atoms with Crippen LogP contribution in [0.1, 0.15) is 31.3 Å². The minimum atomic E-state index is -0.931. The molecule has 0 aliphatic carbocycles. The summed E-state index contributed by atoms with van der Waals surface area (Å²) in [6.07, 6.45) is 1.59. The third kappa shape index (κ3) is 3.82. The number of rotatable bonds is 5. The molecule has 0 aliphatic rings. The lowest BCUT2D eigenvalue weighted by atomic mass is 10.1. The smallest absolute Gasteiger partial charge is 0.318 e. The second kappa shape index (κ2) is 7.17. The highest BCUT2D eigenvalue weighted by atomic mass is 19.2. The first-order chi connectivity index (χ1) is 10.9. The van der Waals surface area contributed by atoms with Gasteiger partial charge in [0.15, 0.2) is 17.5 Å². The maximum absolute atomic E-state index is 13.3. The van der Waals surface area contributed by atoms with Crippen LogP contribution < -0.4 is 5.32 Å². The van der Waals surface area contributed by atoms with Gasteiger partial charge in [0.25, 0.3) is 0 Å². The second-order valence-electron chi connectivity index (χ2n) is 5.15. The molecule has 2 amide bonds. The zero-order valence-electron chi connectivity index (χ0n) is 13.3. The topological polar surface area (TPSA) is 63.1 Å². The van der Waals surface area contributed by atoms with Crippen molar-refractivity contribution in [3.63, 3.8) is 0 Å². The third-order valence-electron chi connectivity index (χ3n) is 3.76. The van der Waals surface area contributed by atoms with Gasteiger partial charge in [0.1, 0.15) is 6.33 Å². The summed E-state index contributed by atoms with van der Waals surface area (Å²) in [5.41, 5.74) is 0.512. The first kappa shape index (κ1) is 16.9. The van der Waals surface area contributed by atoms with E-state index in [2.05, 4.69) is 15.5 Å². The monoisotopic (exact) mass is 323 g/mol. The maximum atomic E-state index is 13.3. The first-order valence-corrected chi connectivity index (χ1v) is 7.26. The molecule has 1 aromatic heterocycles. The van der Waals surface area contributed by atoms with Gasteiger partial charge in [-0.15, -0.1) is 10.2 Å². The number of hydrogen-bond acceptors (Lipinski definition) is 3. The molecule has 0 spiro atoms. The molecule has 0 aliphatic heterocycles. The standard InChI is InChI=1S/C15H19F2N5O/c1-4-22-9-19-20-14(22)8-18-15(23)21(3)10(2)11-5-6-12(16)13(17)7-11/h5-7,9-10H,4,8H2,1-3H3,(H,18,23)/t10-/m0/s1. The third-order valence-corrected chi connectivity index (χ3v) is 3.76. The van der Waals surface area contributed by atoms with Crippen molar-refractivity contribution < 1.29 is 13.6 Å². The molecule has 0 radical (unpaired) electrons. The molecule has 1 aromatic carbocycles. The Labute approximate surface area is 133 Å². The number of aromatic nitrogens is 3. The summed E-state index contributed by atoms with van der Waals surface area (Å²) >= 11 is 0. The van der Waals surface area contributed by atoms with Crippen LogP contribution in [-0.4, -0.2) is 32.7 Å². The van der Waals surface area contributed by atoms with Crippen LogP contribution in [0.4, 0.5) is 13.6 Å². The Morgan fingerprint density at radius 2 is 2.13 bits per heavy atom. The van der Waals surface area contributed by atoms with Gasteiger partial charge in [0.05, 0.1) is 12.6 Å². The fourth-order valence-corrected chi connectivity index (χ4v) is 2.13. The number of amides is 2. The summed E-state index contributed by atoms with van der Waals surface area (Å²) in [6.45, 7) is 4.63. The molecule has 0 saturated heterocycles. The number of hydrogen-bond donors (Lipinski definition) is 1. The molecule has 8 heteroatoms. The molecule has 2 rings (SSSR count). The van der Waals surface area contributed by atoms with Gasteiger partial charge in [-0.1, -0.05) is 6.07 Å². The minimum absolute atomic E-state index is 0.238. The van der Waals surface area contributed by atoms with Crippen molar-refractivity contribution in [2.24, 2.45) is 0 Å². The van der Waals surface area contributed by atoms with Crippen LogP contribution in [0.25, 0.3) is 0 Å². The highest BCUT2D eigenvalue weighted by molar-refractivity contribution is 5.74. The molecule has 0 bridgehead atoms. The second-order valence-corrected chi connectivity index (χ2v) is 5.15. The number of nitrogens with zero attached hydrogens (tertiary/aromatic N) is 4. The number of nitrogens with one attached hydrogen (secondary N) is 1. The summed E-state index contributed by atoms with van der Waals surface area (Å²) in [4.78, 5) is 13.6. The lowest BCUT2D eigenvalue weighted by Crippen LogP contribution is -2.38. The summed E-state index contributed by atoms with van der Waals surface area (Å²) in [7, 11) is 1.59. The SMILES string of the molecule is CCn1cnnc1CNC(=O)N(C)[C@@H](C)c1ccc(F)c(F)c1. The van der Waals surface area contributed by atoms with Gasteiger partial charge >= 0.3 is 6.03 Å². The molecule has 0 fully saturated rings. The predicted octanol–water partition coefficient (Wildman–Crippen LogP) is 2.48. The van der Waals surface area contributed by atoms with Crippen LogP contribution in [-0.2, 0) is 13.1 Å². The minimum Gasteiger partial charge on any atom is -0.331 e. The highest BCUT2D eigenvalue weighted by Gasteiger charge is 2.19. The van der Waals surface area contributed by atoms with Crippen LogP contribution in [0.3, 0.4) is 0 Å². The van der Waals surface area contributed by atoms with Crippen molar-refractivity contribution in [2.75, 3.05) is 7.05 Å².